The highest BCUT2D eigenvalue weighted by Gasteiger charge is 1.95. The van der Waals surface area contributed by atoms with Crippen molar-refractivity contribution >= 4 is 12.2 Å². The molecule has 1 aromatic rings. The van der Waals surface area contributed by atoms with E-state index in [1.54, 1.807) is 18.2 Å². The lowest BCUT2D eigenvalue weighted by Crippen LogP contribution is -2.21. The second kappa shape index (κ2) is 4.27. The number of phenols is 1. The van der Waals surface area contributed by atoms with Gasteiger partial charge in [-0.1, -0.05) is 12.1 Å². The van der Waals surface area contributed by atoms with Crippen LogP contribution in [0.1, 0.15) is 11.1 Å². The van der Waals surface area contributed by atoms with Gasteiger partial charge in [-0.25, -0.2) is 0 Å². The third-order valence-electron chi connectivity index (χ3n) is 1.61. The Morgan fingerprint density at radius 3 is 2.71 bits per heavy atom. The van der Waals surface area contributed by atoms with E-state index in [0.717, 1.165) is 11.1 Å². The molecule has 1 rings (SSSR count). The maximum Gasteiger partial charge on any atom is 0.211 e. The molecule has 0 aliphatic carbocycles. The highest BCUT2D eigenvalue weighted by Crippen LogP contribution is 2.15. The van der Waals surface area contributed by atoms with E-state index in [4.69, 9.17) is 11.5 Å². The van der Waals surface area contributed by atoms with Gasteiger partial charge in [0.25, 0.3) is 0 Å². The van der Waals surface area contributed by atoms with Gasteiger partial charge in [0.1, 0.15) is 5.75 Å². The minimum absolute atomic E-state index is 0.0995. The lowest BCUT2D eigenvalue weighted by atomic mass is 10.1. The van der Waals surface area contributed by atoms with Crippen LogP contribution in [0.4, 0.5) is 0 Å². The maximum absolute atomic E-state index is 9.36. The Morgan fingerprint density at radius 2 is 2.14 bits per heavy atom. The Bertz CT molecular complexity index is 380. The van der Waals surface area contributed by atoms with Crippen molar-refractivity contribution < 1.29 is 5.11 Å². The van der Waals surface area contributed by atoms with Gasteiger partial charge in [0.2, 0.25) is 5.96 Å². The van der Waals surface area contributed by atoms with Crippen LogP contribution in [0, 0.1) is 6.92 Å². The van der Waals surface area contributed by atoms with E-state index >= 15 is 0 Å². The van der Waals surface area contributed by atoms with Gasteiger partial charge in [0, 0.05) is 0 Å². The summed E-state index contributed by atoms with van der Waals surface area (Å²) in [6.07, 6.45) is 1.46. The predicted octanol–water partition coefficient (Wildman–Crippen LogP) is 0.308. The summed E-state index contributed by atoms with van der Waals surface area (Å²) in [7, 11) is 0. The lowest BCUT2D eigenvalue weighted by molar-refractivity contribution is 0.471. The van der Waals surface area contributed by atoms with Gasteiger partial charge in [-0.15, -0.1) is 5.10 Å². The van der Waals surface area contributed by atoms with E-state index in [2.05, 4.69) is 10.2 Å². The van der Waals surface area contributed by atoms with Gasteiger partial charge in [-0.05, 0) is 24.1 Å². The number of aryl methyl sites for hydroxylation is 1. The highest BCUT2D eigenvalue weighted by molar-refractivity contribution is 5.82. The van der Waals surface area contributed by atoms with Crippen LogP contribution in [0.2, 0.25) is 0 Å². The summed E-state index contributed by atoms with van der Waals surface area (Å²) < 4.78 is 0. The van der Waals surface area contributed by atoms with Crippen molar-refractivity contribution in [2.75, 3.05) is 0 Å². The fraction of sp³-hybridized carbons (Fsp3) is 0.111. The van der Waals surface area contributed by atoms with Gasteiger partial charge >= 0.3 is 0 Å². The van der Waals surface area contributed by atoms with Crippen LogP contribution in [0.3, 0.4) is 0 Å². The number of phenolic OH excluding ortho intramolecular Hbond substituents is 1. The number of benzene rings is 1. The summed E-state index contributed by atoms with van der Waals surface area (Å²) in [5.74, 6) is 0.122. The second-order valence-corrected chi connectivity index (χ2v) is 2.82. The normalized spacial score (nSPS) is 10.4. The molecule has 0 saturated heterocycles. The molecular weight excluding hydrogens is 180 g/mol. The van der Waals surface area contributed by atoms with Gasteiger partial charge < -0.3 is 16.6 Å². The van der Waals surface area contributed by atoms with Crippen molar-refractivity contribution in [3.8, 4) is 5.75 Å². The molecule has 5 N–H and O–H groups in total. The predicted molar refractivity (Wildman–Crippen MR) is 56.2 cm³/mol. The first-order valence-corrected chi connectivity index (χ1v) is 4.01. The first-order chi connectivity index (χ1) is 6.59. The van der Waals surface area contributed by atoms with Crippen molar-refractivity contribution in [2.45, 2.75) is 6.92 Å². The number of hydrogen-bond acceptors (Lipinski definition) is 3. The molecule has 0 aliphatic heterocycles. The number of rotatable bonds is 2. The van der Waals surface area contributed by atoms with E-state index in [0.29, 0.717) is 0 Å². The van der Waals surface area contributed by atoms with Crippen molar-refractivity contribution in [3.63, 3.8) is 0 Å². The molecule has 0 saturated carbocycles. The highest BCUT2D eigenvalue weighted by atomic mass is 16.3. The number of hydrogen-bond donors (Lipinski definition) is 3. The van der Waals surface area contributed by atoms with Gasteiger partial charge in [-0.2, -0.15) is 5.10 Å². The summed E-state index contributed by atoms with van der Waals surface area (Å²) in [6, 6.07) is 5.17. The average Bonchev–Trinajstić information content (AvgIpc) is 2.10. The quantitative estimate of drug-likeness (QED) is 0.357. The molecule has 0 unspecified atom stereocenters. The molecule has 0 bridgehead atoms. The smallest absolute Gasteiger partial charge is 0.211 e. The monoisotopic (exact) mass is 192 g/mol. The van der Waals surface area contributed by atoms with Crippen LogP contribution in [0.5, 0.6) is 5.75 Å². The van der Waals surface area contributed by atoms with E-state index in [9.17, 15) is 5.11 Å². The topological polar surface area (TPSA) is 97.0 Å². The Hall–Kier alpha value is -2.04. The maximum atomic E-state index is 9.36. The molecule has 5 nitrogen and oxygen atoms in total. The lowest BCUT2D eigenvalue weighted by Gasteiger charge is -1.98. The zero-order valence-corrected chi connectivity index (χ0v) is 7.81. The van der Waals surface area contributed by atoms with Crippen molar-refractivity contribution in [3.05, 3.63) is 29.3 Å². The molecule has 1 aromatic carbocycles. The Balaban J connectivity index is 2.83. The van der Waals surface area contributed by atoms with Crippen LogP contribution in [0.15, 0.2) is 28.4 Å². The summed E-state index contributed by atoms with van der Waals surface area (Å²) in [5, 5.41) is 16.4. The molecule has 0 spiro atoms. The molecule has 0 atom stereocenters. The third kappa shape index (κ3) is 2.78. The summed E-state index contributed by atoms with van der Waals surface area (Å²) >= 11 is 0. The molecule has 0 radical (unpaired) electrons. The molecule has 74 valence electrons. The molecule has 5 heteroatoms. The minimum Gasteiger partial charge on any atom is -0.508 e. The first kappa shape index (κ1) is 10.0. The summed E-state index contributed by atoms with van der Waals surface area (Å²) in [6.45, 7) is 1.81. The standard InChI is InChI=1S/C9H12N4O/c1-6-2-3-7(4-8(6)14)5-12-13-9(10)11/h2-5,14H,1H3,(H4,10,11,13). The summed E-state index contributed by atoms with van der Waals surface area (Å²) in [4.78, 5) is 0. The van der Waals surface area contributed by atoms with E-state index < -0.39 is 0 Å². The largest absolute Gasteiger partial charge is 0.508 e. The van der Waals surface area contributed by atoms with Crippen LogP contribution < -0.4 is 11.5 Å². The van der Waals surface area contributed by atoms with Crippen LogP contribution in [0.25, 0.3) is 0 Å². The third-order valence-corrected chi connectivity index (χ3v) is 1.61. The van der Waals surface area contributed by atoms with Gasteiger partial charge in [-0.3, -0.25) is 0 Å². The molecule has 0 aliphatic rings. The van der Waals surface area contributed by atoms with Gasteiger partial charge in [0.05, 0.1) is 6.21 Å². The van der Waals surface area contributed by atoms with E-state index in [1.807, 2.05) is 6.92 Å². The van der Waals surface area contributed by atoms with Crippen LogP contribution >= 0.6 is 0 Å². The molecule has 0 aromatic heterocycles. The molecule has 0 fully saturated rings. The zero-order valence-electron chi connectivity index (χ0n) is 7.81. The van der Waals surface area contributed by atoms with E-state index in [1.165, 1.54) is 6.21 Å². The first-order valence-electron chi connectivity index (χ1n) is 4.01. The minimum atomic E-state index is -0.0995. The average molecular weight is 192 g/mol. The molecule has 0 heterocycles. The molecular formula is C9H12N4O. The molecule has 14 heavy (non-hydrogen) atoms. The SMILES string of the molecule is Cc1ccc(C=NN=C(N)N)cc1O. The fourth-order valence-electron chi connectivity index (χ4n) is 0.869. The van der Waals surface area contributed by atoms with Gasteiger partial charge in [0.15, 0.2) is 0 Å². The summed E-state index contributed by atoms with van der Waals surface area (Å²) in [5.41, 5.74) is 11.7. The van der Waals surface area contributed by atoms with E-state index in [-0.39, 0.29) is 11.7 Å². The van der Waals surface area contributed by atoms with Crippen molar-refractivity contribution in [2.24, 2.45) is 21.7 Å². The number of guanidine groups is 1. The zero-order chi connectivity index (χ0) is 10.6. The molecule has 0 amide bonds. The Labute approximate surface area is 81.8 Å². The fourth-order valence-corrected chi connectivity index (χ4v) is 0.869. The number of aromatic hydroxyl groups is 1. The number of nitrogens with two attached hydrogens (primary N) is 2. The van der Waals surface area contributed by atoms with Crippen LogP contribution in [-0.2, 0) is 0 Å². The second-order valence-electron chi connectivity index (χ2n) is 2.82. The number of nitrogens with zero attached hydrogens (tertiary/aromatic N) is 2. The van der Waals surface area contributed by atoms with Crippen molar-refractivity contribution in [1.82, 2.24) is 0 Å². The Kier molecular flexibility index (Phi) is 3.06. The van der Waals surface area contributed by atoms with Crippen LogP contribution in [-0.4, -0.2) is 17.3 Å². The van der Waals surface area contributed by atoms with Crippen molar-refractivity contribution in [1.29, 1.82) is 0 Å². The Morgan fingerprint density at radius 1 is 1.43 bits per heavy atom.